The summed E-state index contributed by atoms with van der Waals surface area (Å²) in [5.74, 6) is 1.10. The summed E-state index contributed by atoms with van der Waals surface area (Å²) in [4.78, 5) is 16.3. The van der Waals surface area contributed by atoms with Crippen molar-refractivity contribution in [3.63, 3.8) is 0 Å². The molecular formula is C31H45IN2O3. The van der Waals surface area contributed by atoms with Crippen LogP contribution in [-0.2, 0) is 15.1 Å². The van der Waals surface area contributed by atoms with E-state index in [1.807, 2.05) is 55.5 Å². The van der Waals surface area contributed by atoms with Gasteiger partial charge in [-0.05, 0) is 66.2 Å². The van der Waals surface area contributed by atoms with E-state index in [4.69, 9.17) is 9.47 Å². The number of benzene rings is 2. The van der Waals surface area contributed by atoms with Crippen molar-refractivity contribution in [3.05, 3.63) is 66.2 Å². The Morgan fingerprint density at radius 2 is 1.73 bits per heavy atom. The Bertz CT molecular complexity index is 926. The number of nitrogens with zero attached hydrogens (tertiary/aromatic N) is 1. The molecule has 1 saturated heterocycles. The van der Waals surface area contributed by atoms with Crippen LogP contribution in [0.5, 0.6) is 5.75 Å². The maximum Gasteiger partial charge on any atom is 0.331 e. The molecule has 0 aromatic heterocycles. The highest BCUT2D eigenvalue weighted by Crippen LogP contribution is 2.41. The number of carbonyl (C=O) groups excluding carboxylic acids is 1. The maximum atomic E-state index is 14.0. The highest BCUT2D eigenvalue weighted by atomic mass is 127. The first-order chi connectivity index (χ1) is 17.8. The molecule has 0 spiro atoms. The third-order valence-electron chi connectivity index (χ3n) is 7.38. The number of hydrogen-bond acceptors (Lipinski definition) is 5. The minimum absolute atomic E-state index is 0.136. The molecule has 1 N–H and O–H groups in total. The molecule has 2 unspecified atom stereocenters. The lowest BCUT2D eigenvalue weighted by Gasteiger charge is -2.54. The molecule has 0 amide bonds. The second-order valence-corrected chi connectivity index (χ2v) is 12.2. The zero-order chi connectivity index (χ0) is 26.7. The summed E-state index contributed by atoms with van der Waals surface area (Å²) >= 11 is 2.44. The molecule has 2 aromatic rings. The number of ether oxygens (including phenoxy) is 2. The standard InChI is InChI=1S/C31H45IN2O3/c1-5-13-25(18-19-32)28(22-33-20-12-21-36-27-16-10-7-11-17-27)37-29(35)31(4,26-14-8-6-9-15-26)34-23-30(2,3)24-34/h6-11,14-17,25,28,33H,5,12-13,18-24H2,1-4H3/t25?,28-,31?/m0/s1. The molecular weight excluding hydrogens is 575 g/mol. The van der Waals surface area contributed by atoms with E-state index in [2.05, 4.69) is 65.7 Å². The van der Waals surface area contributed by atoms with Crippen molar-refractivity contribution >= 4 is 28.6 Å². The monoisotopic (exact) mass is 620 g/mol. The van der Waals surface area contributed by atoms with Gasteiger partial charge in [0, 0.05) is 19.6 Å². The quantitative estimate of drug-likeness (QED) is 0.101. The van der Waals surface area contributed by atoms with Crippen LogP contribution in [0.4, 0.5) is 0 Å². The lowest BCUT2D eigenvalue weighted by atomic mass is 9.77. The van der Waals surface area contributed by atoms with Gasteiger partial charge >= 0.3 is 5.97 Å². The van der Waals surface area contributed by atoms with Crippen LogP contribution in [0.1, 0.15) is 58.9 Å². The molecule has 6 heteroatoms. The second-order valence-electron chi connectivity index (χ2n) is 11.1. The maximum absolute atomic E-state index is 14.0. The Morgan fingerprint density at radius 1 is 1.08 bits per heavy atom. The third-order valence-corrected chi connectivity index (χ3v) is 8.01. The zero-order valence-corrected chi connectivity index (χ0v) is 25.2. The number of rotatable bonds is 16. The van der Waals surface area contributed by atoms with Crippen molar-refractivity contribution in [3.8, 4) is 5.75 Å². The predicted molar refractivity (Wildman–Crippen MR) is 160 cm³/mol. The molecule has 1 fully saturated rings. The Kier molecular flexibility index (Phi) is 11.7. The van der Waals surface area contributed by atoms with Crippen molar-refractivity contribution in [2.75, 3.05) is 37.2 Å². The van der Waals surface area contributed by atoms with Crippen LogP contribution >= 0.6 is 22.6 Å². The molecule has 204 valence electrons. The van der Waals surface area contributed by atoms with E-state index in [0.717, 1.165) is 61.1 Å². The molecule has 0 radical (unpaired) electrons. The molecule has 3 atom stereocenters. The van der Waals surface area contributed by atoms with Gasteiger partial charge in [-0.2, -0.15) is 0 Å². The SMILES string of the molecule is CCCC(CCI)[C@H](CNCCCOc1ccccc1)OC(=O)C(C)(c1ccccc1)N1CC(C)(C)C1. The van der Waals surface area contributed by atoms with Crippen LogP contribution in [-0.4, -0.2) is 54.2 Å². The van der Waals surface area contributed by atoms with Crippen LogP contribution < -0.4 is 10.1 Å². The van der Waals surface area contributed by atoms with Crippen LogP contribution in [0.3, 0.4) is 0 Å². The predicted octanol–water partition coefficient (Wildman–Crippen LogP) is 6.46. The second kappa shape index (κ2) is 14.5. The smallest absolute Gasteiger partial charge is 0.331 e. The van der Waals surface area contributed by atoms with E-state index >= 15 is 0 Å². The van der Waals surface area contributed by atoms with Gasteiger partial charge in [0.2, 0.25) is 0 Å². The van der Waals surface area contributed by atoms with E-state index < -0.39 is 5.54 Å². The number of likely N-dealkylation sites (tertiary alicyclic amines) is 1. The summed E-state index contributed by atoms with van der Waals surface area (Å²) in [7, 11) is 0. The Labute approximate surface area is 237 Å². The molecule has 0 saturated carbocycles. The summed E-state index contributed by atoms with van der Waals surface area (Å²) in [5, 5.41) is 3.56. The van der Waals surface area contributed by atoms with E-state index in [0.29, 0.717) is 19.1 Å². The largest absolute Gasteiger partial charge is 0.494 e. The van der Waals surface area contributed by atoms with Gasteiger partial charge in [-0.3, -0.25) is 4.90 Å². The molecule has 1 aliphatic heterocycles. The van der Waals surface area contributed by atoms with Gasteiger partial charge in [-0.1, -0.05) is 98.3 Å². The van der Waals surface area contributed by atoms with Gasteiger partial charge in [0.05, 0.1) is 6.61 Å². The Balaban J connectivity index is 1.66. The number of nitrogens with one attached hydrogen (secondary N) is 1. The summed E-state index contributed by atoms with van der Waals surface area (Å²) in [6.07, 6.45) is 3.92. The average Bonchev–Trinajstić information content (AvgIpc) is 2.89. The molecule has 37 heavy (non-hydrogen) atoms. The van der Waals surface area contributed by atoms with Crippen molar-refractivity contribution in [2.24, 2.45) is 11.3 Å². The molecule has 3 rings (SSSR count). The zero-order valence-electron chi connectivity index (χ0n) is 23.0. The topological polar surface area (TPSA) is 50.8 Å². The van der Waals surface area contributed by atoms with Gasteiger partial charge in [-0.25, -0.2) is 4.79 Å². The third kappa shape index (κ3) is 8.42. The molecule has 0 aliphatic carbocycles. The van der Waals surface area contributed by atoms with Gasteiger partial charge < -0.3 is 14.8 Å². The first kappa shape index (κ1) is 29.9. The number of hydrogen-bond donors (Lipinski definition) is 1. The molecule has 0 bridgehead atoms. The minimum atomic E-state index is -0.792. The Hall–Kier alpha value is -1.64. The number of para-hydroxylation sites is 1. The summed E-state index contributed by atoms with van der Waals surface area (Å²) in [6, 6.07) is 20.1. The molecule has 2 aromatic carbocycles. The normalized spacial score (nSPS) is 18.3. The van der Waals surface area contributed by atoms with E-state index in [9.17, 15) is 4.79 Å². The molecule has 5 nitrogen and oxygen atoms in total. The van der Waals surface area contributed by atoms with E-state index in [-0.39, 0.29) is 17.5 Å². The fourth-order valence-corrected chi connectivity index (χ4v) is 6.03. The number of halogens is 1. The van der Waals surface area contributed by atoms with Crippen molar-refractivity contribution in [1.82, 2.24) is 10.2 Å². The lowest BCUT2D eigenvalue weighted by molar-refractivity contribution is -0.175. The van der Waals surface area contributed by atoms with Crippen LogP contribution in [0.15, 0.2) is 60.7 Å². The minimum Gasteiger partial charge on any atom is -0.494 e. The van der Waals surface area contributed by atoms with Crippen LogP contribution in [0.2, 0.25) is 0 Å². The first-order valence-corrected chi connectivity index (χ1v) is 15.3. The highest BCUT2D eigenvalue weighted by Gasteiger charge is 2.51. The summed E-state index contributed by atoms with van der Waals surface area (Å²) < 4.78 is 13.3. The lowest BCUT2D eigenvalue weighted by Crippen LogP contribution is -2.64. The van der Waals surface area contributed by atoms with Crippen molar-refractivity contribution < 1.29 is 14.3 Å². The van der Waals surface area contributed by atoms with Gasteiger partial charge in [0.15, 0.2) is 0 Å². The molecule has 1 heterocycles. The summed E-state index contributed by atoms with van der Waals surface area (Å²) in [6.45, 7) is 12.7. The van der Waals surface area contributed by atoms with E-state index in [1.54, 1.807) is 0 Å². The van der Waals surface area contributed by atoms with Gasteiger partial charge in [0.1, 0.15) is 17.4 Å². The fraction of sp³-hybridized carbons (Fsp3) is 0.581. The molecule has 1 aliphatic rings. The Morgan fingerprint density at radius 3 is 2.32 bits per heavy atom. The van der Waals surface area contributed by atoms with Crippen molar-refractivity contribution in [2.45, 2.75) is 65.0 Å². The highest BCUT2D eigenvalue weighted by molar-refractivity contribution is 14.1. The number of alkyl halides is 1. The van der Waals surface area contributed by atoms with Gasteiger partial charge in [-0.15, -0.1) is 0 Å². The fourth-order valence-electron chi connectivity index (χ4n) is 5.23. The van der Waals surface area contributed by atoms with Crippen LogP contribution in [0.25, 0.3) is 0 Å². The van der Waals surface area contributed by atoms with Crippen LogP contribution in [0, 0.1) is 11.3 Å². The summed E-state index contributed by atoms with van der Waals surface area (Å²) in [5.41, 5.74) is 0.422. The van der Waals surface area contributed by atoms with E-state index in [1.165, 1.54) is 0 Å². The van der Waals surface area contributed by atoms with Crippen molar-refractivity contribution in [1.29, 1.82) is 0 Å². The first-order valence-electron chi connectivity index (χ1n) is 13.8. The van der Waals surface area contributed by atoms with Gasteiger partial charge in [0.25, 0.3) is 0 Å². The number of carbonyl (C=O) groups is 1. The average molecular weight is 621 g/mol. The number of esters is 1.